The molecule has 1 rings (SSSR count). The number of rotatable bonds is 5. The van der Waals surface area contributed by atoms with Crippen molar-refractivity contribution in [3.8, 4) is 0 Å². The molecule has 1 atom stereocenters. The van der Waals surface area contributed by atoms with E-state index < -0.39 is 0 Å². The van der Waals surface area contributed by atoms with Crippen molar-refractivity contribution in [1.82, 2.24) is 20.4 Å². The minimum absolute atomic E-state index is 0. The van der Waals surface area contributed by atoms with Crippen LogP contribution in [0, 0.1) is 5.92 Å². The maximum Gasteiger partial charge on any atom is 0.191 e. The molecule has 20 heavy (non-hydrogen) atoms. The molecule has 1 saturated heterocycles. The zero-order valence-electron chi connectivity index (χ0n) is 13.6. The summed E-state index contributed by atoms with van der Waals surface area (Å²) in [6.07, 6.45) is 1.17. The van der Waals surface area contributed by atoms with Crippen LogP contribution in [0.3, 0.4) is 0 Å². The van der Waals surface area contributed by atoms with Gasteiger partial charge in [-0.25, -0.2) is 0 Å². The number of likely N-dealkylation sites (N-methyl/N-ethyl adjacent to an activating group) is 2. The average Bonchev–Trinajstić information content (AvgIpc) is 2.37. The summed E-state index contributed by atoms with van der Waals surface area (Å²) in [6.45, 7) is 9.83. The Kier molecular flexibility index (Phi) is 10.6. The van der Waals surface area contributed by atoms with E-state index in [4.69, 9.17) is 0 Å². The molecule has 1 aliphatic heterocycles. The fourth-order valence-corrected chi connectivity index (χ4v) is 2.24. The zero-order valence-corrected chi connectivity index (χ0v) is 16.0. The van der Waals surface area contributed by atoms with Crippen molar-refractivity contribution in [2.75, 3.05) is 53.9 Å². The minimum atomic E-state index is 0. The third-order valence-electron chi connectivity index (χ3n) is 3.72. The van der Waals surface area contributed by atoms with Crippen molar-refractivity contribution in [1.29, 1.82) is 0 Å². The lowest BCUT2D eigenvalue weighted by molar-refractivity contribution is 0.116. The molecule has 0 radical (unpaired) electrons. The van der Waals surface area contributed by atoms with Gasteiger partial charge in [0, 0.05) is 45.8 Å². The summed E-state index contributed by atoms with van der Waals surface area (Å²) in [4.78, 5) is 9.09. The topological polar surface area (TPSA) is 42.9 Å². The van der Waals surface area contributed by atoms with Gasteiger partial charge in [-0.15, -0.1) is 24.0 Å². The Morgan fingerprint density at radius 2 is 1.95 bits per heavy atom. The number of guanidine groups is 1. The fraction of sp³-hybridized carbons (Fsp3) is 0.929. The maximum atomic E-state index is 4.28. The van der Waals surface area contributed by atoms with Crippen LogP contribution in [0.4, 0.5) is 0 Å². The summed E-state index contributed by atoms with van der Waals surface area (Å²) in [7, 11) is 6.23. The van der Waals surface area contributed by atoms with E-state index in [9.17, 15) is 0 Å². The van der Waals surface area contributed by atoms with Crippen LogP contribution in [0.2, 0.25) is 0 Å². The molecule has 1 unspecified atom stereocenters. The van der Waals surface area contributed by atoms with E-state index in [1.165, 1.54) is 6.42 Å². The zero-order chi connectivity index (χ0) is 14.3. The summed E-state index contributed by atoms with van der Waals surface area (Å²) in [5, 5.41) is 6.81. The monoisotopic (exact) mass is 397 g/mol. The summed E-state index contributed by atoms with van der Waals surface area (Å²) >= 11 is 0. The number of halogens is 1. The van der Waals surface area contributed by atoms with Gasteiger partial charge < -0.3 is 15.5 Å². The van der Waals surface area contributed by atoms with Crippen molar-refractivity contribution in [3.05, 3.63) is 0 Å². The van der Waals surface area contributed by atoms with Crippen LogP contribution in [0.15, 0.2) is 4.99 Å². The second-order valence-electron chi connectivity index (χ2n) is 5.96. The van der Waals surface area contributed by atoms with Gasteiger partial charge in [-0.05, 0) is 26.4 Å². The van der Waals surface area contributed by atoms with Gasteiger partial charge in [-0.1, -0.05) is 13.8 Å². The normalized spacial score (nSPS) is 21.7. The van der Waals surface area contributed by atoms with Crippen molar-refractivity contribution in [3.63, 3.8) is 0 Å². The molecule has 0 saturated carbocycles. The molecule has 0 aromatic carbocycles. The maximum absolute atomic E-state index is 4.28. The predicted octanol–water partition coefficient (Wildman–Crippen LogP) is 1.06. The minimum Gasteiger partial charge on any atom is -0.356 e. The standard InChI is InChI=1S/C14H31N5.HI/c1-12(2)6-7-16-14(15-3)17-10-13-11-18(4)8-9-19(13)5;/h12-13H,6-11H2,1-5H3,(H2,15,16,17);1H. The average molecular weight is 397 g/mol. The number of nitrogens with one attached hydrogen (secondary N) is 2. The van der Waals surface area contributed by atoms with Gasteiger partial charge >= 0.3 is 0 Å². The van der Waals surface area contributed by atoms with E-state index >= 15 is 0 Å². The highest BCUT2D eigenvalue weighted by atomic mass is 127. The molecule has 1 fully saturated rings. The van der Waals surface area contributed by atoms with E-state index in [2.05, 4.69) is 53.4 Å². The summed E-state index contributed by atoms with van der Waals surface area (Å²) in [5.74, 6) is 1.64. The Morgan fingerprint density at radius 1 is 1.25 bits per heavy atom. The predicted molar refractivity (Wildman–Crippen MR) is 98.1 cm³/mol. The molecular weight excluding hydrogens is 365 g/mol. The molecule has 1 heterocycles. The Bertz CT molecular complexity index is 283. The van der Waals surface area contributed by atoms with Gasteiger partial charge in [0.15, 0.2) is 5.96 Å². The summed E-state index contributed by atoms with van der Waals surface area (Å²) < 4.78 is 0. The van der Waals surface area contributed by atoms with Crippen LogP contribution in [-0.2, 0) is 0 Å². The summed E-state index contributed by atoms with van der Waals surface area (Å²) in [5.41, 5.74) is 0. The number of hydrogen-bond acceptors (Lipinski definition) is 3. The first-order valence-corrected chi connectivity index (χ1v) is 7.36. The SMILES string of the molecule is CN=C(NCCC(C)C)NCC1CN(C)CCN1C.I. The number of hydrogen-bond donors (Lipinski definition) is 2. The molecule has 0 amide bonds. The lowest BCUT2D eigenvalue weighted by Gasteiger charge is -2.37. The number of aliphatic imine (C=N–C) groups is 1. The van der Waals surface area contributed by atoms with Crippen molar-refractivity contribution < 1.29 is 0 Å². The van der Waals surface area contributed by atoms with Crippen LogP contribution >= 0.6 is 24.0 Å². The highest BCUT2D eigenvalue weighted by Gasteiger charge is 2.21. The fourth-order valence-electron chi connectivity index (χ4n) is 2.24. The van der Waals surface area contributed by atoms with Crippen LogP contribution in [0.5, 0.6) is 0 Å². The Balaban J connectivity index is 0.00000361. The molecule has 0 bridgehead atoms. The Morgan fingerprint density at radius 3 is 2.55 bits per heavy atom. The van der Waals surface area contributed by atoms with Gasteiger partial charge in [0.2, 0.25) is 0 Å². The molecule has 0 aromatic heterocycles. The van der Waals surface area contributed by atoms with Crippen molar-refractivity contribution in [2.45, 2.75) is 26.3 Å². The Hall–Kier alpha value is -0.0800. The van der Waals surface area contributed by atoms with E-state index in [1.807, 2.05) is 7.05 Å². The van der Waals surface area contributed by atoms with Crippen LogP contribution in [0.1, 0.15) is 20.3 Å². The lowest BCUT2D eigenvalue weighted by Crippen LogP contribution is -2.55. The Labute approximate surface area is 141 Å². The van der Waals surface area contributed by atoms with Gasteiger partial charge in [-0.2, -0.15) is 0 Å². The number of nitrogens with zero attached hydrogens (tertiary/aromatic N) is 3. The summed E-state index contributed by atoms with van der Waals surface area (Å²) in [6, 6.07) is 0.558. The van der Waals surface area contributed by atoms with Crippen LogP contribution in [-0.4, -0.2) is 75.7 Å². The third kappa shape index (κ3) is 7.64. The van der Waals surface area contributed by atoms with Gasteiger partial charge in [0.25, 0.3) is 0 Å². The molecule has 0 aromatic rings. The van der Waals surface area contributed by atoms with Crippen molar-refractivity contribution in [2.24, 2.45) is 10.9 Å². The van der Waals surface area contributed by atoms with E-state index in [0.717, 1.165) is 44.6 Å². The molecule has 120 valence electrons. The highest BCUT2D eigenvalue weighted by molar-refractivity contribution is 14.0. The molecule has 0 aliphatic carbocycles. The van der Waals surface area contributed by atoms with Gasteiger partial charge in [0.05, 0.1) is 0 Å². The molecule has 5 nitrogen and oxygen atoms in total. The second kappa shape index (κ2) is 10.6. The molecule has 0 spiro atoms. The van der Waals surface area contributed by atoms with E-state index in [-0.39, 0.29) is 24.0 Å². The largest absolute Gasteiger partial charge is 0.356 e. The quantitative estimate of drug-likeness (QED) is 0.414. The van der Waals surface area contributed by atoms with Gasteiger partial charge in [-0.3, -0.25) is 9.89 Å². The highest BCUT2D eigenvalue weighted by Crippen LogP contribution is 2.04. The van der Waals surface area contributed by atoms with Crippen LogP contribution in [0.25, 0.3) is 0 Å². The van der Waals surface area contributed by atoms with Crippen molar-refractivity contribution >= 4 is 29.9 Å². The smallest absolute Gasteiger partial charge is 0.191 e. The van der Waals surface area contributed by atoms with E-state index in [0.29, 0.717) is 6.04 Å². The molecule has 2 N–H and O–H groups in total. The molecule has 6 heteroatoms. The third-order valence-corrected chi connectivity index (χ3v) is 3.72. The number of piperazine rings is 1. The first kappa shape index (κ1) is 19.9. The van der Waals surface area contributed by atoms with E-state index in [1.54, 1.807) is 0 Å². The van der Waals surface area contributed by atoms with Crippen LogP contribution < -0.4 is 10.6 Å². The molecular formula is C14H32IN5. The van der Waals surface area contributed by atoms with Gasteiger partial charge in [0.1, 0.15) is 0 Å². The molecule has 1 aliphatic rings. The first-order chi connectivity index (χ1) is 9.02. The second-order valence-corrected chi connectivity index (χ2v) is 5.96. The first-order valence-electron chi connectivity index (χ1n) is 7.36. The lowest BCUT2D eigenvalue weighted by atomic mass is 10.1.